The number of anilines is 1. The van der Waals surface area contributed by atoms with Gasteiger partial charge in [-0.2, -0.15) is 0 Å². The van der Waals surface area contributed by atoms with Gasteiger partial charge in [0.1, 0.15) is 0 Å². The summed E-state index contributed by atoms with van der Waals surface area (Å²) in [5, 5.41) is 5.58. The molecular formula is C14H15BrClNOS. The van der Waals surface area contributed by atoms with E-state index in [1.54, 1.807) is 18.4 Å². The molecule has 2 rings (SSSR count). The SMILES string of the molecule is COCc1c(Br)cccc1NC(C)c1csc(Cl)c1. The fourth-order valence-electron chi connectivity index (χ4n) is 1.85. The summed E-state index contributed by atoms with van der Waals surface area (Å²) in [5.74, 6) is 0. The number of benzene rings is 1. The molecule has 2 aromatic rings. The Morgan fingerprint density at radius 3 is 2.89 bits per heavy atom. The molecule has 0 fully saturated rings. The third-order valence-electron chi connectivity index (χ3n) is 2.87. The number of halogens is 2. The van der Waals surface area contributed by atoms with E-state index in [0.29, 0.717) is 6.61 Å². The zero-order valence-electron chi connectivity index (χ0n) is 10.7. The van der Waals surface area contributed by atoms with Crippen molar-refractivity contribution in [3.63, 3.8) is 0 Å². The summed E-state index contributed by atoms with van der Waals surface area (Å²) in [6, 6.07) is 8.29. The Labute approximate surface area is 130 Å². The van der Waals surface area contributed by atoms with Gasteiger partial charge in [0.15, 0.2) is 0 Å². The van der Waals surface area contributed by atoms with Crippen LogP contribution in [0.1, 0.15) is 24.1 Å². The van der Waals surface area contributed by atoms with Crippen molar-refractivity contribution < 1.29 is 4.74 Å². The van der Waals surface area contributed by atoms with Gasteiger partial charge in [0.25, 0.3) is 0 Å². The molecule has 0 aliphatic rings. The van der Waals surface area contributed by atoms with Crippen molar-refractivity contribution in [3.05, 3.63) is 49.6 Å². The van der Waals surface area contributed by atoms with Gasteiger partial charge in [0, 0.05) is 28.9 Å². The number of ether oxygens (including phenoxy) is 1. The van der Waals surface area contributed by atoms with Gasteiger partial charge in [0.05, 0.1) is 10.9 Å². The zero-order valence-corrected chi connectivity index (χ0v) is 13.9. The van der Waals surface area contributed by atoms with Gasteiger partial charge in [-0.25, -0.2) is 0 Å². The lowest BCUT2D eigenvalue weighted by Crippen LogP contribution is -2.08. The van der Waals surface area contributed by atoms with Crippen molar-refractivity contribution >= 4 is 44.6 Å². The minimum atomic E-state index is 0.202. The Morgan fingerprint density at radius 1 is 1.47 bits per heavy atom. The van der Waals surface area contributed by atoms with E-state index in [4.69, 9.17) is 16.3 Å². The minimum absolute atomic E-state index is 0.202. The van der Waals surface area contributed by atoms with E-state index in [0.717, 1.165) is 20.1 Å². The van der Waals surface area contributed by atoms with Crippen LogP contribution in [-0.4, -0.2) is 7.11 Å². The highest BCUT2D eigenvalue weighted by molar-refractivity contribution is 9.10. The van der Waals surface area contributed by atoms with Crippen molar-refractivity contribution in [1.29, 1.82) is 0 Å². The second-order valence-electron chi connectivity index (χ2n) is 4.25. The Hall–Kier alpha value is -0.550. The second kappa shape index (κ2) is 6.75. The Balaban J connectivity index is 2.21. The summed E-state index contributed by atoms with van der Waals surface area (Å²) < 4.78 is 7.12. The van der Waals surface area contributed by atoms with Gasteiger partial charge in [0.2, 0.25) is 0 Å². The topological polar surface area (TPSA) is 21.3 Å². The molecule has 0 bridgehead atoms. The molecule has 2 nitrogen and oxygen atoms in total. The molecule has 19 heavy (non-hydrogen) atoms. The summed E-state index contributed by atoms with van der Waals surface area (Å²) in [6.45, 7) is 2.69. The number of nitrogens with one attached hydrogen (secondary N) is 1. The molecule has 5 heteroatoms. The van der Waals surface area contributed by atoms with Gasteiger partial charge in [-0.1, -0.05) is 33.6 Å². The van der Waals surface area contributed by atoms with E-state index in [9.17, 15) is 0 Å². The van der Waals surface area contributed by atoms with Gasteiger partial charge in [-0.3, -0.25) is 0 Å². The van der Waals surface area contributed by atoms with E-state index < -0.39 is 0 Å². The first-order valence-corrected chi connectivity index (χ1v) is 7.93. The standard InChI is InChI=1S/C14H15BrClNOS/c1-9(10-6-14(16)19-8-10)17-13-5-3-4-12(15)11(13)7-18-2/h3-6,8-9,17H,7H2,1-2H3. The van der Waals surface area contributed by atoms with Crippen LogP contribution in [0, 0.1) is 0 Å². The quantitative estimate of drug-likeness (QED) is 0.762. The lowest BCUT2D eigenvalue weighted by molar-refractivity contribution is 0.185. The largest absolute Gasteiger partial charge is 0.380 e. The van der Waals surface area contributed by atoms with Crippen molar-refractivity contribution in [2.75, 3.05) is 12.4 Å². The first kappa shape index (κ1) is 14.9. The number of rotatable bonds is 5. The highest BCUT2D eigenvalue weighted by Gasteiger charge is 2.11. The van der Waals surface area contributed by atoms with E-state index >= 15 is 0 Å². The van der Waals surface area contributed by atoms with Gasteiger partial charge < -0.3 is 10.1 Å². The average Bonchev–Trinajstić information content (AvgIpc) is 2.80. The summed E-state index contributed by atoms with van der Waals surface area (Å²) in [4.78, 5) is 0. The van der Waals surface area contributed by atoms with Crippen LogP contribution in [-0.2, 0) is 11.3 Å². The number of methoxy groups -OCH3 is 1. The summed E-state index contributed by atoms with van der Waals surface area (Å²) >= 11 is 11.1. The Bertz CT molecular complexity index is 558. The lowest BCUT2D eigenvalue weighted by atomic mass is 10.1. The van der Waals surface area contributed by atoms with E-state index in [-0.39, 0.29) is 6.04 Å². The molecule has 0 spiro atoms. The molecule has 0 amide bonds. The average molecular weight is 361 g/mol. The normalized spacial score (nSPS) is 12.4. The molecular weight excluding hydrogens is 346 g/mol. The third-order valence-corrected chi connectivity index (χ3v) is 4.72. The highest BCUT2D eigenvalue weighted by atomic mass is 79.9. The Kier molecular flexibility index (Phi) is 5.28. The molecule has 1 atom stereocenters. The van der Waals surface area contributed by atoms with Crippen LogP contribution in [0.5, 0.6) is 0 Å². The third kappa shape index (κ3) is 3.72. The van der Waals surface area contributed by atoms with Gasteiger partial charge in [-0.05, 0) is 36.1 Å². The van der Waals surface area contributed by atoms with Crippen molar-refractivity contribution in [2.45, 2.75) is 19.6 Å². The summed E-state index contributed by atoms with van der Waals surface area (Å²) in [5.41, 5.74) is 3.39. The summed E-state index contributed by atoms with van der Waals surface area (Å²) in [7, 11) is 1.70. The van der Waals surface area contributed by atoms with Crippen LogP contribution in [0.4, 0.5) is 5.69 Å². The molecule has 1 heterocycles. The molecule has 0 aliphatic carbocycles. The molecule has 102 valence electrons. The molecule has 0 saturated heterocycles. The maximum absolute atomic E-state index is 5.98. The first-order chi connectivity index (χ1) is 9.11. The Morgan fingerprint density at radius 2 is 2.26 bits per heavy atom. The molecule has 0 aliphatic heterocycles. The van der Waals surface area contributed by atoms with Crippen molar-refractivity contribution in [1.82, 2.24) is 0 Å². The fraction of sp³-hybridized carbons (Fsp3) is 0.286. The monoisotopic (exact) mass is 359 g/mol. The predicted molar refractivity (Wildman–Crippen MR) is 86.2 cm³/mol. The van der Waals surface area contributed by atoms with E-state index in [1.165, 1.54) is 5.56 Å². The fourth-order valence-corrected chi connectivity index (χ4v) is 3.32. The minimum Gasteiger partial charge on any atom is -0.380 e. The summed E-state index contributed by atoms with van der Waals surface area (Å²) in [6.07, 6.45) is 0. The van der Waals surface area contributed by atoms with Crippen LogP contribution >= 0.6 is 38.9 Å². The molecule has 0 radical (unpaired) electrons. The number of hydrogen-bond acceptors (Lipinski definition) is 3. The predicted octanol–water partition coefficient (Wildman–Crippen LogP) is 5.48. The van der Waals surface area contributed by atoms with Crippen LogP contribution in [0.2, 0.25) is 4.34 Å². The zero-order chi connectivity index (χ0) is 13.8. The van der Waals surface area contributed by atoms with E-state index in [2.05, 4.69) is 39.6 Å². The molecule has 1 unspecified atom stereocenters. The maximum atomic E-state index is 5.98. The number of hydrogen-bond donors (Lipinski definition) is 1. The molecule has 1 aromatic carbocycles. The maximum Gasteiger partial charge on any atom is 0.0931 e. The van der Waals surface area contributed by atoms with Gasteiger partial charge >= 0.3 is 0 Å². The second-order valence-corrected chi connectivity index (χ2v) is 6.65. The van der Waals surface area contributed by atoms with E-state index in [1.807, 2.05) is 18.2 Å². The van der Waals surface area contributed by atoms with Gasteiger partial charge in [-0.15, -0.1) is 11.3 Å². The first-order valence-electron chi connectivity index (χ1n) is 5.88. The van der Waals surface area contributed by atoms with Crippen LogP contribution in [0.3, 0.4) is 0 Å². The lowest BCUT2D eigenvalue weighted by Gasteiger charge is -2.18. The van der Waals surface area contributed by atoms with Crippen LogP contribution in [0.25, 0.3) is 0 Å². The molecule has 0 saturated carbocycles. The molecule has 1 aromatic heterocycles. The number of thiophene rings is 1. The smallest absolute Gasteiger partial charge is 0.0931 e. The van der Waals surface area contributed by atoms with Crippen LogP contribution < -0.4 is 5.32 Å². The highest BCUT2D eigenvalue weighted by Crippen LogP contribution is 2.31. The van der Waals surface area contributed by atoms with Crippen molar-refractivity contribution in [2.24, 2.45) is 0 Å². The molecule has 1 N–H and O–H groups in total. The van der Waals surface area contributed by atoms with Crippen molar-refractivity contribution in [3.8, 4) is 0 Å². The van der Waals surface area contributed by atoms with Crippen LogP contribution in [0.15, 0.2) is 34.1 Å².